The van der Waals surface area contributed by atoms with Gasteiger partial charge >= 0.3 is 338 Å². The number of fused-ring (bicyclic) bond motifs is 8. The van der Waals surface area contributed by atoms with Gasteiger partial charge in [0.05, 0.1) is 0 Å². The van der Waals surface area contributed by atoms with Gasteiger partial charge < -0.3 is 0 Å². The number of hydrogen-bond donors (Lipinski definition) is 0. The summed E-state index contributed by atoms with van der Waals surface area (Å²) in [5.74, 6) is 0. The predicted octanol–water partition coefficient (Wildman–Crippen LogP) is 14.9. The zero-order valence-electron chi connectivity index (χ0n) is 30.9. The van der Waals surface area contributed by atoms with Crippen LogP contribution in [-0.4, -0.2) is 19.5 Å². The maximum absolute atomic E-state index is 4.73. The molecular formula is C55H33NSe. The molecule has 0 amide bonds. The fourth-order valence-corrected chi connectivity index (χ4v) is 12.2. The van der Waals surface area contributed by atoms with Crippen molar-refractivity contribution in [3.63, 3.8) is 0 Å². The first-order valence-corrected chi connectivity index (χ1v) is 21.3. The Morgan fingerprint density at radius 3 is 1.44 bits per heavy atom. The van der Waals surface area contributed by atoms with E-state index >= 15 is 0 Å². The molecule has 2 aromatic heterocycles. The summed E-state index contributed by atoms with van der Waals surface area (Å²) in [5.41, 5.74) is 11.3. The van der Waals surface area contributed by atoms with Crippen molar-refractivity contribution in [1.29, 1.82) is 0 Å². The molecule has 264 valence electrons. The molecule has 0 saturated carbocycles. The van der Waals surface area contributed by atoms with E-state index in [-0.39, 0.29) is 14.5 Å². The Kier molecular flexibility index (Phi) is 7.32. The number of nitrogens with zero attached hydrogens (tertiary/aromatic N) is 1. The zero-order valence-corrected chi connectivity index (χ0v) is 32.6. The molecule has 0 fully saturated rings. The molecule has 0 saturated heterocycles. The second-order valence-electron chi connectivity index (χ2n) is 14.9. The van der Waals surface area contributed by atoms with Crippen molar-refractivity contribution in [1.82, 2.24) is 4.98 Å². The Hall–Kier alpha value is -6.83. The molecule has 2 heterocycles. The molecule has 0 radical (unpaired) electrons. The van der Waals surface area contributed by atoms with Gasteiger partial charge in [0, 0.05) is 0 Å². The summed E-state index contributed by atoms with van der Waals surface area (Å²) in [7, 11) is 0. The summed E-state index contributed by atoms with van der Waals surface area (Å²) in [4.78, 5) is 4.73. The van der Waals surface area contributed by atoms with Gasteiger partial charge in [0.2, 0.25) is 0 Å². The van der Waals surface area contributed by atoms with Crippen LogP contribution in [0.3, 0.4) is 0 Å². The normalized spacial score (nSPS) is 11.9. The number of aromatic nitrogens is 1. The minimum atomic E-state index is 0.109. The molecule has 0 unspecified atom stereocenters. The summed E-state index contributed by atoms with van der Waals surface area (Å²) in [6.07, 6.45) is 1.89. The van der Waals surface area contributed by atoms with Crippen LogP contribution >= 0.6 is 0 Å². The molecule has 12 aromatic rings. The van der Waals surface area contributed by atoms with E-state index in [1.54, 1.807) is 0 Å². The molecule has 0 aliphatic heterocycles. The van der Waals surface area contributed by atoms with Gasteiger partial charge in [-0.05, 0) is 0 Å². The molecule has 0 N–H and O–H groups in total. The second-order valence-corrected chi connectivity index (χ2v) is 17.1. The molecule has 0 spiro atoms. The van der Waals surface area contributed by atoms with Crippen LogP contribution in [0.25, 0.3) is 118 Å². The second kappa shape index (κ2) is 12.9. The number of pyridine rings is 1. The van der Waals surface area contributed by atoms with E-state index in [0.29, 0.717) is 0 Å². The van der Waals surface area contributed by atoms with E-state index in [0.717, 1.165) is 10.9 Å². The third-order valence-corrected chi connectivity index (χ3v) is 14.4. The SMILES string of the molecule is c1ccc(-c2c3ccccc3c(-c3cccc4[se]c5c(-c6c7ccccc7c(-c7ccc8cccnc8c7)c7ccccc67)cccc5c34)c3ccccc23)cc1. The molecule has 0 aliphatic carbocycles. The van der Waals surface area contributed by atoms with Gasteiger partial charge in [-0.1, -0.05) is 0 Å². The average molecular weight is 787 g/mol. The first-order valence-electron chi connectivity index (χ1n) is 19.5. The third-order valence-electron chi connectivity index (χ3n) is 11.9. The molecule has 0 bridgehead atoms. The summed E-state index contributed by atoms with van der Waals surface area (Å²) >= 11 is 0.109. The molecule has 0 atom stereocenters. The quantitative estimate of drug-likeness (QED) is 0.128. The Labute approximate surface area is 335 Å². The summed E-state index contributed by atoms with van der Waals surface area (Å²) < 4.78 is 2.90. The fraction of sp³-hybridized carbons (Fsp3) is 0. The van der Waals surface area contributed by atoms with E-state index in [2.05, 4.69) is 188 Å². The van der Waals surface area contributed by atoms with Gasteiger partial charge in [0.1, 0.15) is 0 Å². The molecule has 12 rings (SSSR count). The van der Waals surface area contributed by atoms with Gasteiger partial charge in [-0.15, -0.1) is 0 Å². The number of rotatable bonds is 4. The van der Waals surface area contributed by atoms with Crippen LogP contribution < -0.4 is 0 Å². The van der Waals surface area contributed by atoms with E-state index in [1.165, 1.54) is 107 Å². The van der Waals surface area contributed by atoms with Gasteiger partial charge in [-0.25, -0.2) is 0 Å². The maximum atomic E-state index is 4.73. The van der Waals surface area contributed by atoms with Crippen molar-refractivity contribution in [2.75, 3.05) is 0 Å². The van der Waals surface area contributed by atoms with Crippen molar-refractivity contribution >= 4 is 87.8 Å². The Morgan fingerprint density at radius 1 is 0.333 bits per heavy atom. The average Bonchev–Trinajstić information content (AvgIpc) is 3.67. The van der Waals surface area contributed by atoms with Crippen molar-refractivity contribution in [2.24, 2.45) is 0 Å². The Bertz CT molecular complexity index is 3460. The van der Waals surface area contributed by atoms with Crippen molar-refractivity contribution < 1.29 is 0 Å². The van der Waals surface area contributed by atoms with Crippen LogP contribution in [0, 0.1) is 0 Å². The molecular weight excluding hydrogens is 754 g/mol. The minimum absolute atomic E-state index is 0.109. The molecule has 1 nitrogen and oxygen atoms in total. The summed E-state index contributed by atoms with van der Waals surface area (Å²) in [6, 6.07) is 71.9. The zero-order chi connectivity index (χ0) is 37.5. The number of benzene rings is 10. The van der Waals surface area contributed by atoms with E-state index in [1.807, 2.05) is 12.3 Å². The monoisotopic (exact) mass is 787 g/mol. The molecule has 57 heavy (non-hydrogen) atoms. The Morgan fingerprint density at radius 2 is 0.825 bits per heavy atom. The van der Waals surface area contributed by atoms with Gasteiger partial charge in [-0.3, -0.25) is 0 Å². The Balaban J connectivity index is 1.16. The van der Waals surface area contributed by atoms with Crippen molar-refractivity contribution in [3.05, 3.63) is 200 Å². The van der Waals surface area contributed by atoms with Crippen LogP contribution in [0.2, 0.25) is 0 Å². The van der Waals surface area contributed by atoms with Gasteiger partial charge in [0.25, 0.3) is 0 Å². The topological polar surface area (TPSA) is 12.9 Å². The summed E-state index contributed by atoms with van der Waals surface area (Å²) in [6.45, 7) is 0. The molecule has 0 aliphatic rings. The van der Waals surface area contributed by atoms with Crippen LogP contribution in [0.4, 0.5) is 0 Å². The van der Waals surface area contributed by atoms with Crippen LogP contribution in [0.15, 0.2) is 200 Å². The van der Waals surface area contributed by atoms with E-state index < -0.39 is 0 Å². The summed E-state index contributed by atoms with van der Waals surface area (Å²) in [5, 5.41) is 14.1. The predicted molar refractivity (Wildman–Crippen MR) is 245 cm³/mol. The first kappa shape index (κ1) is 32.4. The third kappa shape index (κ3) is 4.92. The standard InChI is InChI=1S/C55H33NSe/c1-2-15-35(16-3-1)50-37-18-4-8-22-41(37)52(42-23-9-5-19-38(42)50)45-26-13-29-49-54(45)47-28-12-27-46(55(47)57-49)53-43-24-10-6-20-39(43)51(40-21-7-11-25-44(40)53)36-31-30-34-17-14-32-56-48(34)33-36/h1-33H. The van der Waals surface area contributed by atoms with Crippen LogP contribution in [0.1, 0.15) is 0 Å². The first-order chi connectivity index (χ1) is 28.3. The van der Waals surface area contributed by atoms with Crippen molar-refractivity contribution in [2.45, 2.75) is 0 Å². The van der Waals surface area contributed by atoms with Crippen LogP contribution in [0.5, 0.6) is 0 Å². The number of hydrogen-bond acceptors (Lipinski definition) is 1. The molecule has 2 heteroatoms. The fourth-order valence-electron chi connectivity index (χ4n) is 9.54. The van der Waals surface area contributed by atoms with Gasteiger partial charge in [0.15, 0.2) is 0 Å². The molecule has 10 aromatic carbocycles. The van der Waals surface area contributed by atoms with E-state index in [9.17, 15) is 0 Å². The van der Waals surface area contributed by atoms with Crippen LogP contribution in [-0.2, 0) is 0 Å². The van der Waals surface area contributed by atoms with Gasteiger partial charge in [-0.2, -0.15) is 0 Å². The van der Waals surface area contributed by atoms with Crippen molar-refractivity contribution in [3.8, 4) is 44.5 Å². The van der Waals surface area contributed by atoms with E-state index in [4.69, 9.17) is 4.98 Å².